The average molecular weight is 451 g/mol. The van der Waals surface area contributed by atoms with E-state index in [2.05, 4.69) is 15.5 Å². The molecule has 0 spiro atoms. The molecule has 0 bridgehead atoms. The van der Waals surface area contributed by atoms with Gasteiger partial charge >= 0.3 is 0 Å². The highest BCUT2D eigenvalue weighted by atomic mass is 32.1. The van der Waals surface area contributed by atoms with Gasteiger partial charge in [-0.3, -0.25) is 9.59 Å². The van der Waals surface area contributed by atoms with Crippen LogP contribution in [0.2, 0.25) is 0 Å². The molecule has 5 rings (SSSR count). The summed E-state index contributed by atoms with van der Waals surface area (Å²) in [5.74, 6) is 1.02. The van der Waals surface area contributed by atoms with E-state index in [1.165, 1.54) is 11.3 Å². The Labute approximate surface area is 189 Å². The number of rotatable bonds is 6. The highest BCUT2D eigenvalue weighted by molar-refractivity contribution is 7.13. The molecule has 1 fully saturated rings. The van der Waals surface area contributed by atoms with E-state index >= 15 is 0 Å². The third-order valence-corrected chi connectivity index (χ3v) is 6.62. The maximum atomic E-state index is 12.9. The Hall–Kier alpha value is -3.46. The summed E-state index contributed by atoms with van der Waals surface area (Å²) in [5, 5.41) is 12.1. The molecule has 9 heteroatoms. The van der Waals surface area contributed by atoms with Gasteiger partial charge in [0.25, 0.3) is 5.91 Å². The van der Waals surface area contributed by atoms with Crippen LogP contribution in [-0.2, 0) is 11.2 Å². The standard InChI is InChI=1S/C23H22N4O4S/c28-20(11-8-15-5-2-1-3-6-15)27-12-4-7-17(27)22-25-26-23(32-22)21(29)24-16-9-10-18-19(13-16)31-14-30-18/h1-3,5-6,9-10,13,17H,4,7-8,11-12,14H2,(H,24,29)/t17-/m1/s1. The summed E-state index contributed by atoms with van der Waals surface area (Å²) in [5.41, 5.74) is 1.74. The van der Waals surface area contributed by atoms with E-state index in [4.69, 9.17) is 9.47 Å². The fourth-order valence-electron chi connectivity index (χ4n) is 3.98. The smallest absolute Gasteiger partial charge is 0.286 e. The van der Waals surface area contributed by atoms with E-state index in [-0.39, 0.29) is 29.7 Å². The molecule has 164 valence electrons. The van der Waals surface area contributed by atoms with E-state index in [0.717, 1.165) is 18.4 Å². The normalized spacial score (nSPS) is 16.9. The summed E-state index contributed by atoms with van der Waals surface area (Å²) in [6.07, 6.45) is 2.91. The highest BCUT2D eigenvalue weighted by Gasteiger charge is 2.33. The molecular formula is C23H22N4O4S. The van der Waals surface area contributed by atoms with Crippen molar-refractivity contribution in [1.29, 1.82) is 0 Å². The van der Waals surface area contributed by atoms with Gasteiger partial charge in [-0.05, 0) is 37.0 Å². The second-order valence-electron chi connectivity index (χ2n) is 7.70. The van der Waals surface area contributed by atoms with E-state index in [1.54, 1.807) is 18.2 Å². The summed E-state index contributed by atoms with van der Waals surface area (Å²) >= 11 is 1.23. The number of anilines is 1. The number of nitrogens with zero attached hydrogens (tertiary/aromatic N) is 3. The van der Waals surface area contributed by atoms with Crippen LogP contribution in [0.4, 0.5) is 5.69 Å². The van der Waals surface area contributed by atoms with Crippen molar-refractivity contribution < 1.29 is 19.1 Å². The highest BCUT2D eigenvalue weighted by Crippen LogP contribution is 2.36. The quantitative estimate of drug-likeness (QED) is 0.614. The lowest BCUT2D eigenvalue weighted by Crippen LogP contribution is -2.30. The second kappa shape index (κ2) is 8.96. The maximum absolute atomic E-state index is 12.9. The number of fused-ring (bicyclic) bond motifs is 1. The molecule has 3 heterocycles. The molecule has 1 saturated heterocycles. The van der Waals surface area contributed by atoms with E-state index in [0.29, 0.717) is 41.6 Å². The molecular weight excluding hydrogens is 428 g/mol. The molecule has 32 heavy (non-hydrogen) atoms. The van der Waals surface area contributed by atoms with Gasteiger partial charge in [0, 0.05) is 24.7 Å². The number of amides is 2. The molecule has 1 N–H and O–H groups in total. The van der Waals surface area contributed by atoms with Crippen LogP contribution >= 0.6 is 11.3 Å². The zero-order valence-corrected chi connectivity index (χ0v) is 18.1. The minimum atomic E-state index is -0.340. The molecule has 1 aromatic heterocycles. The Morgan fingerprint density at radius 1 is 1.09 bits per heavy atom. The largest absolute Gasteiger partial charge is 0.454 e. The Bertz CT molecular complexity index is 1130. The fourth-order valence-corrected chi connectivity index (χ4v) is 4.87. The van der Waals surface area contributed by atoms with E-state index < -0.39 is 0 Å². The molecule has 2 aromatic carbocycles. The van der Waals surface area contributed by atoms with Crippen molar-refractivity contribution in [2.45, 2.75) is 31.7 Å². The fraction of sp³-hybridized carbons (Fsp3) is 0.304. The Morgan fingerprint density at radius 3 is 2.81 bits per heavy atom. The monoisotopic (exact) mass is 450 g/mol. The first kappa shape index (κ1) is 20.4. The van der Waals surface area contributed by atoms with Crippen LogP contribution in [0.5, 0.6) is 11.5 Å². The zero-order chi connectivity index (χ0) is 21.9. The molecule has 2 amide bonds. The number of hydrogen-bond acceptors (Lipinski definition) is 7. The Morgan fingerprint density at radius 2 is 1.94 bits per heavy atom. The molecule has 8 nitrogen and oxygen atoms in total. The Kier molecular flexibility index (Phi) is 5.72. The topological polar surface area (TPSA) is 93.7 Å². The summed E-state index contributed by atoms with van der Waals surface area (Å²) < 4.78 is 10.6. The van der Waals surface area contributed by atoms with Crippen LogP contribution in [0.3, 0.4) is 0 Å². The lowest BCUT2D eigenvalue weighted by Gasteiger charge is -2.22. The van der Waals surface area contributed by atoms with Crippen molar-refractivity contribution >= 4 is 28.8 Å². The lowest BCUT2D eigenvalue weighted by atomic mass is 10.1. The number of carbonyl (C=O) groups excluding carboxylic acids is 2. The van der Waals surface area contributed by atoms with Gasteiger partial charge in [-0.1, -0.05) is 41.7 Å². The number of aryl methyl sites for hydroxylation is 1. The number of nitrogens with one attached hydrogen (secondary N) is 1. The van der Waals surface area contributed by atoms with Gasteiger partial charge in [0.2, 0.25) is 17.7 Å². The van der Waals surface area contributed by atoms with Crippen molar-refractivity contribution in [3.05, 3.63) is 64.1 Å². The molecule has 0 saturated carbocycles. The molecule has 0 radical (unpaired) electrons. The zero-order valence-electron chi connectivity index (χ0n) is 17.3. The predicted molar refractivity (Wildman–Crippen MR) is 119 cm³/mol. The molecule has 3 aromatic rings. The van der Waals surface area contributed by atoms with E-state index in [1.807, 2.05) is 35.2 Å². The summed E-state index contributed by atoms with van der Waals surface area (Å²) in [6.45, 7) is 0.880. The summed E-state index contributed by atoms with van der Waals surface area (Å²) in [6, 6.07) is 15.1. The average Bonchev–Trinajstić information content (AvgIpc) is 3.57. The number of carbonyl (C=O) groups is 2. The number of hydrogen-bond donors (Lipinski definition) is 1. The Balaban J connectivity index is 1.23. The molecule has 2 aliphatic heterocycles. The van der Waals surface area contributed by atoms with Crippen LogP contribution in [0.1, 0.15) is 45.7 Å². The molecule has 1 atom stereocenters. The van der Waals surface area contributed by atoms with Gasteiger partial charge in [-0.2, -0.15) is 0 Å². The summed E-state index contributed by atoms with van der Waals surface area (Å²) in [4.78, 5) is 27.4. The second-order valence-corrected chi connectivity index (χ2v) is 8.71. The van der Waals surface area contributed by atoms with Crippen LogP contribution in [0, 0.1) is 0 Å². The number of ether oxygens (including phenoxy) is 2. The third kappa shape index (κ3) is 4.29. The van der Waals surface area contributed by atoms with Gasteiger partial charge in [-0.15, -0.1) is 10.2 Å². The maximum Gasteiger partial charge on any atom is 0.286 e. The van der Waals surface area contributed by atoms with Crippen molar-refractivity contribution in [1.82, 2.24) is 15.1 Å². The minimum absolute atomic E-state index is 0.109. The van der Waals surface area contributed by atoms with Crippen molar-refractivity contribution in [2.75, 3.05) is 18.7 Å². The van der Waals surface area contributed by atoms with Gasteiger partial charge < -0.3 is 19.7 Å². The van der Waals surface area contributed by atoms with Crippen LogP contribution in [0.25, 0.3) is 0 Å². The number of benzene rings is 2. The molecule has 0 aliphatic carbocycles. The number of aromatic nitrogens is 2. The number of likely N-dealkylation sites (tertiary alicyclic amines) is 1. The van der Waals surface area contributed by atoms with Crippen molar-refractivity contribution in [3.63, 3.8) is 0 Å². The van der Waals surface area contributed by atoms with Gasteiger partial charge in [0.1, 0.15) is 5.01 Å². The SMILES string of the molecule is O=C(Nc1ccc2c(c1)OCO2)c1nnc([C@H]2CCCN2C(=O)CCc2ccccc2)s1. The van der Waals surface area contributed by atoms with Crippen molar-refractivity contribution in [3.8, 4) is 11.5 Å². The molecule has 2 aliphatic rings. The minimum Gasteiger partial charge on any atom is -0.454 e. The van der Waals surface area contributed by atoms with Crippen LogP contribution in [0.15, 0.2) is 48.5 Å². The van der Waals surface area contributed by atoms with Crippen molar-refractivity contribution in [2.24, 2.45) is 0 Å². The van der Waals surface area contributed by atoms with Gasteiger partial charge in [-0.25, -0.2) is 0 Å². The van der Waals surface area contributed by atoms with E-state index in [9.17, 15) is 9.59 Å². The predicted octanol–water partition coefficient (Wildman–Crippen LogP) is 3.82. The van der Waals surface area contributed by atoms with Crippen LogP contribution in [-0.4, -0.2) is 40.2 Å². The van der Waals surface area contributed by atoms with Gasteiger partial charge in [0.05, 0.1) is 6.04 Å². The summed E-state index contributed by atoms with van der Waals surface area (Å²) in [7, 11) is 0. The van der Waals surface area contributed by atoms with Gasteiger partial charge in [0.15, 0.2) is 11.5 Å². The third-order valence-electron chi connectivity index (χ3n) is 5.59. The first-order chi connectivity index (χ1) is 15.7. The van der Waals surface area contributed by atoms with Crippen LogP contribution < -0.4 is 14.8 Å². The first-order valence-electron chi connectivity index (χ1n) is 10.6. The lowest BCUT2D eigenvalue weighted by molar-refractivity contribution is -0.132. The molecule has 0 unspecified atom stereocenters. The first-order valence-corrected chi connectivity index (χ1v) is 11.4.